The van der Waals surface area contributed by atoms with Crippen LogP contribution in [0.25, 0.3) is 0 Å². The molecule has 2 nitrogen and oxygen atoms in total. The van der Waals surface area contributed by atoms with Crippen molar-refractivity contribution in [3.63, 3.8) is 0 Å². The molecule has 4 heteroatoms. The van der Waals surface area contributed by atoms with Gasteiger partial charge >= 0.3 is 0 Å². The Morgan fingerprint density at radius 3 is 1.14 bits per heavy atom. The third kappa shape index (κ3) is 3.12. The first-order chi connectivity index (χ1) is 2.30. The quantitative estimate of drug-likeness (QED) is 0.499. The zero-order chi connectivity index (χ0) is 3.86. The number of hydrogen-bond acceptors (Lipinski definition) is 2. The van der Waals surface area contributed by atoms with Crippen LogP contribution >= 0.6 is 24.8 Å². The second-order valence-corrected chi connectivity index (χ2v) is 1.56. The molecule has 0 aromatic rings. The van der Waals surface area contributed by atoms with Crippen molar-refractivity contribution in [1.29, 1.82) is 0 Å². The van der Waals surface area contributed by atoms with Gasteiger partial charge in [-0.05, 0) is 6.42 Å². The molecule has 0 amide bonds. The number of halogens is 2. The van der Waals surface area contributed by atoms with Gasteiger partial charge in [-0.15, -0.1) is 24.8 Å². The minimum absolute atomic E-state index is 0. The minimum atomic E-state index is 0. The first kappa shape index (κ1) is 10.5. The normalized spacial score (nSPS) is 35.1. The summed E-state index contributed by atoms with van der Waals surface area (Å²) in [6, 6.07) is 0.657. The zero-order valence-corrected chi connectivity index (χ0v) is 5.47. The van der Waals surface area contributed by atoms with Crippen LogP contribution in [0.5, 0.6) is 0 Å². The van der Waals surface area contributed by atoms with Gasteiger partial charge in [0.05, 0.1) is 0 Å². The molecule has 0 aromatic carbocycles. The van der Waals surface area contributed by atoms with E-state index in [1.807, 2.05) is 0 Å². The van der Waals surface area contributed by atoms with E-state index < -0.39 is 0 Å². The lowest BCUT2D eigenvalue weighted by molar-refractivity contribution is 0.962. The fourth-order valence-electron chi connectivity index (χ4n) is 0.236. The molecule has 0 spiro atoms. The summed E-state index contributed by atoms with van der Waals surface area (Å²) in [5.74, 6) is 0. The Morgan fingerprint density at radius 1 is 1.00 bits per heavy atom. The Balaban J connectivity index is 0. The van der Waals surface area contributed by atoms with Crippen molar-refractivity contribution >= 4 is 24.8 Å². The van der Waals surface area contributed by atoms with Gasteiger partial charge < -0.3 is 11.5 Å². The van der Waals surface area contributed by atoms with Gasteiger partial charge in [0, 0.05) is 12.1 Å². The van der Waals surface area contributed by atoms with Crippen LogP contribution in [-0.4, -0.2) is 12.1 Å². The SMILES string of the molecule is Cl.Cl.N[C@@H]1C[C@H]1N. The molecule has 4 N–H and O–H groups in total. The van der Waals surface area contributed by atoms with Gasteiger partial charge in [-0.25, -0.2) is 0 Å². The predicted molar refractivity (Wildman–Crippen MR) is 35.1 cm³/mol. The van der Waals surface area contributed by atoms with Crippen LogP contribution in [0.4, 0.5) is 0 Å². The van der Waals surface area contributed by atoms with E-state index >= 15 is 0 Å². The van der Waals surface area contributed by atoms with Gasteiger partial charge in [0.15, 0.2) is 0 Å². The average molecular weight is 145 g/mol. The Labute approximate surface area is 55.4 Å². The predicted octanol–water partition coefficient (Wildman–Crippen LogP) is -0.112. The maximum Gasteiger partial charge on any atom is 0.0208 e. The number of nitrogens with two attached hydrogens (primary N) is 2. The zero-order valence-electron chi connectivity index (χ0n) is 3.83. The Morgan fingerprint density at radius 2 is 1.14 bits per heavy atom. The molecule has 1 saturated carbocycles. The average Bonchev–Trinajstić information content (AvgIpc) is 1.79. The van der Waals surface area contributed by atoms with Gasteiger partial charge in [0.2, 0.25) is 0 Å². The summed E-state index contributed by atoms with van der Waals surface area (Å²) in [6.45, 7) is 0. The van der Waals surface area contributed by atoms with E-state index in [-0.39, 0.29) is 24.8 Å². The van der Waals surface area contributed by atoms with E-state index in [1.54, 1.807) is 0 Å². The van der Waals surface area contributed by atoms with Crippen molar-refractivity contribution in [2.75, 3.05) is 0 Å². The second-order valence-electron chi connectivity index (χ2n) is 1.56. The monoisotopic (exact) mass is 144 g/mol. The van der Waals surface area contributed by atoms with Gasteiger partial charge in [-0.2, -0.15) is 0 Å². The third-order valence-electron chi connectivity index (χ3n) is 0.891. The molecule has 0 bridgehead atoms. The summed E-state index contributed by atoms with van der Waals surface area (Å²) in [7, 11) is 0. The van der Waals surface area contributed by atoms with Crippen LogP contribution in [0.3, 0.4) is 0 Å². The summed E-state index contributed by atoms with van der Waals surface area (Å²) in [5, 5.41) is 0. The van der Waals surface area contributed by atoms with Gasteiger partial charge in [-0.3, -0.25) is 0 Å². The van der Waals surface area contributed by atoms with Crippen molar-refractivity contribution in [3.8, 4) is 0 Å². The van der Waals surface area contributed by atoms with Gasteiger partial charge in [-0.1, -0.05) is 0 Å². The molecule has 0 aromatic heterocycles. The maximum atomic E-state index is 5.24. The Bertz CT molecular complexity index is 44.2. The Kier molecular flexibility index (Phi) is 5.23. The van der Waals surface area contributed by atoms with E-state index in [0.29, 0.717) is 12.1 Å². The van der Waals surface area contributed by atoms with E-state index in [2.05, 4.69) is 0 Å². The molecule has 46 valence electrons. The maximum absolute atomic E-state index is 5.24. The molecule has 7 heavy (non-hydrogen) atoms. The first-order valence-electron chi connectivity index (χ1n) is 1.82. The van der Waals surface area contributed by atoms with Crippen LogP contribution in [0.2, 0.25) is 0 Å². The molecular weight excluding hydrogens is 135 g/mol. The lowest BCUT2D eigenvalue weighted by Crippen LogP contribution is -2.12. The highest BCUT2D eigenvalue weighted by molar-refractivity contribution is 5.85. The third-order valence-corrected chi connectivity index (χ3v) is 0.891. The first-order valence-corrected chi connectivity index (χ1v) is 1.82. The standard InChI is InChI=1S/C3H8N2.2ClH/c4-2-1-3(2)5;;/h2-3H,1,4-5H2;2*1H/t2-,3-;;/m1../s1. The lowest BCUT2D eigenvalue weighted by Gasteiger charge is -1.70. The molecule has 0 aliphatic heterocycles. The molecule has 1 rings (SSSR count). The van der Waals surface area contributed by atoms with E-state index in [4.69, 9.17) is 11.5 Å². The van der Waals surface area contributed by atoms with Crippen molar-refractivity contribution in [3.05, 3.63) is 0 Å². The summed E-state index contributed by atoms with van der Waals surface area (Å²) in [5.41, 5.74) is 10.5. The minimum Gasteiger partial charge on any atom is -0.326 e. The molecule has 0 heterocycles. The number of hydrogen-bond donors (Lipinski definition) is 2. The van der Waals surface area contributed by atoms with E-state index in [9.17, 15) is 0 Å². The van der Waals surface area contributed by atoms with Gasteiger partial charge in [0.25, 0.3) is 0 Å². The molecule has 0 saturated heterocycles. The van der Waals surface area contributed by atoms with Crippen molar-refractivity contribution in [2.24, 2.45) is 11.5 Å². The highest BCUT2D eigenvalue weighted by atomic mass is 35.5. The second kappa shape index (κ2) is 3.50. The van der Waals surface area contributed by atoms with E-state index in [0.717, 1.165) is 6.42 Å². The fourth-order valence-corrected chi connectivity index (χ4v) is 0.236. The summed E-state index contributed by atoms with van der Waals surface area (Å²) >= 11 is 0. The topological polar surface area (TPSA) is 52.0 Å². The molecule has 1 aliphatic rings. The largest absolute Gasteiger partial charge is 0.326 e. The van der Waals surface area contributed by atoms with Crippen LogP contribution in [0.1, 0.15) is 6.42 Å². The Hall–Kier alpha value is 0.500. The van der Waals surface area contributed by atoms with Gasteiger partial charge in [0.1, 0.15) is 0 Å². The van der Waals surface area contributed by atoms with E-state index in [1.165, 1.54) is 0 Å². The summed E-state index contributed by atoms with van der Waals surface area (Å²) in [6.07, 6.45) is 1.03. The fraction of sp³-hybridized carbons (Fsp3) is 1.00. The van der Waals surface area contributed by atoms with Crippen LogP contribution in [-0.2, 0) is 0 Å². The summed E-state index contributed by atoms with van der Waals surface area (Å²) < 4.78 is 0. The number of rotatable bonds is 0. The van der Waals surface area contributed by atoms with Crippen molar-refractivity contribution in [1.82, 2.24) is 0 Å². The molecule has 2 atom stereocenters. The molecule has 1 aliphatic carbocycles. The highest BCUT2D eigenvalue weighted by Crippen LogP contribution is 2.12. The molecule has 1 fully saturated rings. The van der Waals surface area contributed by atoms with Crippen LogP contribution in [0, 0.1) is 0 Å². The van der Waals surface area contributed by atoms with Crippen molar-refractivity contribution < 1.29 is 0 Å². The highest BCUT2D eigenvalue weighted by Gasteiger charge is 2.28. The smallest absolute Gasteiger partial charge is 0.0208 e. The summed E-state index contributed by atoms with van der Waals surface area (Å²) in [4.78, 5) is 0. The molecule has 0 unspecified atom stereocenters. The lowest BCUT2D eigenvalue weighted by atomic mass is 10.7. The van der Waals surface area contributed by atoms with Crippen LogP contribution < -0.4 is 11.5 Å². The molecule has 0 radical (unpaired) electrons. The van der Waals surface area contributed by atoms with Crippen molar-refractivity contribution in [2.45, 2.75) is 18.5 Å². The molecular formula is C3H10Cl2N2. The van der Waals surface area contributed by atoms with Crippen LogP contribution in [0.15, 0.2) is 0 Å².